The van der Waals surface area contributed by atoms with Crippen LogP contribution in [-0.2, 0) is 0 Å². The fourth-order valence-electron chi connectivity index (χ4n) is 1.76. The first-order chi connectivity index (χ1) is 9.26. The number of aromatic nitrogens is 1. The minimum absolute atomic E-state index is 0.0588. The fourth-order valence-corrected chi connectivity index (χ4v) is 3.01. The third-order valence-corrected chi connectivity index (χ3v) is 4.38. The molecule has 0 saturated heterocycles. The second-order valence-corrected chi connectivity index (χ2v) is 5.47. The van der Waals surface area contributed by atoms with Crippen LogP contribution < -0.4 is 10.5 Å². The standard InChI is InChI=1S/C14H15ClN2OS/c1-18-12-7-3-2-5-10(12)13(9-16)19-14-11(15)6-4-8-17-14/h2-8,13H,9,16H2,1H3. The first kappa shape index (κ1) is 14.2. The van der Waals surface area contributed by atoms with Gasteiger partial charge in [0.25, 0.3) is 0 Å². The lowest BCUT2D eigenvalue weighted by atomic mass is 10.1. The van der Waals surface area contributed by atoms with Crippen LogP contribution >= 0.6 is 23.4 Å². The average molecular weight is 295 g/mol. The molecule has 0 aliphatic carbocycles. The Bertz CT molecular complexity index is 550. The number of nitrogens with two attached hydrogens (primary N) is 1. The second kappa shape index (κ2) is 6.80. The Hall–Kier alpha value is -1.23. The molecule has 0 aliphatic heterocycles. The number of para-hydroxylation sites is 1. The average Bonchev–Trinajstić information content (AvgIpc) is 2.46. The molecule has 2 N–H and O–H groups in total. The Morgan fingerprint density at radius 2 is 2.11 bits per heavy atom. The Kier molecular flexibility index (Phi) is 5.07. The van der Waals surface area contributed by atoms with Crippen molar-refractivity contribution in [3.05, 3.63) is 53.2 Å². The van der Waals surface area contributed by atoms with Gasteiger partial charge in [0.15, 0.2) is 0 Å². The monoisotopic (exact) mass is 294 g/mol. The maximum Gasteiger partial charge on any atom is 0.123 e. The molecule has 0 aliphatic rings. The third kappa shape index (κ3) is 3.41. The molecule has 19 heavy (non-hydrogen) atoms. The highest BCUT2D eigenvalue weighted by Gasteiger charge is 2.17. The minimum Gasteiger partial charge on any atom is -0.496 e. The van der Waals surface area contributed by atoms with Crippen LogP contribution in [0.25, 0.3) is 0 Å². The summed E-state index contributed by atoms with van der Waals surface area (Å²) >= 11 is 7.68. The van der Waals surface area contributed by atoms with Crippen LogP contribution in [0.2, 0.25) is 5.02 Å². The van der Waals surface area contributed by atoms with Crippen molar-refractivity contribution in [1.82, 2.24) is 4.98 Å². The lowest BCUT2D eigenvalue weighted by molar-refractivity contribution is 0.409. The molecule has 1 atom stereocenters. The molecule has 1 aromatic carbocycles. The highest BCUT2D eigenvalue weighted by atomic mass is 35.5. The molecule has 5 heteroatoms. The quantitative estimate of drug-likeness (QED) is 0.857. The van der Waals surface area contributed by atoms with E-state index in [1.807, 2.05) is 36.4 Å². The van der Waals surface area contributed by atoms with Gasteiger partial charge in [-0.15, -0.1) is 0 Å². The summed E-state index contributed by atoms with van der Waals surface area (Å²) in [6.45, 7) is 0.484. The summed E-state index contributed by atoms with van der Waals surface area (Å²) in [6.07, 6.45) is 1.73. The molecule has 1 heterocycles. The zero-order valence-electron chi connectivity index (χ0n) is 10.5. The highest BCUT2D eigenvalue weighted by molar-refractivity contribution is 7.99. The molecule has 0 radical (unpaired) electrons. The number of methoxy groups -OCH3 is 1. The molecule has 1 unspecified atom stereocenters. The van der Waals surface area contributed by atoms with Gasteiger partial charge in [-0.3, -0.25) is 0 Å². The predicted molar refractivity (Wildman–Crippen MR) is 79.9 cm³/mol. The number of hydrogen-bond donors (Lipinski definition) is 1. The molecule has 2 aromatic rings. The fraction of sp³-hybridized carbons (Fsp3) is 0.214. The molecule has 100 valence electrons. The van der Waals surface area contributed by atoms with Gasteiger partial charge in [0.1, 0.15) is 10.8 Å². The van der Waals surface area contributed by atoms with Crippen molar-refractivity contribution in [2.75, 3.05) is 13.7 Å². The second-order valence-electron chi connectivity index (χ2n) is 3.87. The van der Waals surface area contributed by atoms with Gasteiger partial charge < -0.3 is 10.5 Å². The van der Waals surface area contributed by atoms with E-state index in [1.165, 1.54) is 0 Å². The van der Waals surface area contributed by atoms with Gasteiger partial charge in [0.05, 0.1) is 17.4 Å². The van der Waals surface area contributed by atoms with Crippen molar-refractivity contribution < 1.29 is 4.74 Å². The third-order valence-electron chi connectivity index (χ3n) is 2.68. The van der Waals surface area contributed by atoms with Crippen LogP contribution in [0.5, 0.6) is 5.75 Å². The van der Waals surface area contributed by atoms with Crippen LogP contribution in [-0.4, -0.2) is 18.6 Å². The van der Waals surface area contributed by atoms with Gasteiger partial charge >= 0.3 is 0 Å². The first-order valence-corrected chi connectivity index (χ1v) is 7.12. The number of halogens is 1. The van der Waals surface area contributed by atoms with Gasteiger partial charge in [-0.1, -0.05) is 41.6 Å². The number of benzene rings is 1. The maximum absolute atomic E-state index is 6.13. The molecule has 1 aromatic heterocycles. The lowest BCUT2D eigenvalue weighted by Gasteiger charge is -2.17. The Morgan fingerprint density at radius 3 is 2.79 bits per heavy atom. The predicted octanol–water partition coefficient (Wildman–Crippen LogP) is 3.54. The van der Waals surface area contributed by atoms with Gasteiger partial charge in [-0.05, 0) is 18.2 Å². The van der Waals surface area contributed by atoms with E-state index in [4.69, 9.17) is 22.1 Å². The van der Waals surface area contributed by atoms with Gasteiger partial charge in [0, 0.05) is 18.3 Å². The van der Waals surface area contributed by atoms with E-state index in [-0.39, 0.29) is 5.25 Å². The first-order valence-electron chi connectivity index (χ1n) is 5.86. The number of ether oxygens (including phenoxy) is 1. The van der Waals surface area contributed by atoms with Gasteiger partial charge in [-0.2, -0.15) is 0 Å². The van der Waals surface area contributed by atoms with Crippen molar-refractivity contribution in [1.29, 1.82) is 0 Å². The number of nitrogens with zero attached hydrogens (tertiary/aromatic N) is 1. The van der Waals surface area contributed by atoms with Crippen LogP contribution in [0.4, 0.5) is 0 Å². The van der Waals surface area contributed by atoms with Crippen LogP contribution in [0.15, 0.2) is 47.6 Å². The number of rotatable bonds is 5. The number of hydrogen-bond acceptors (Lipinski definition) is 4. The molecule has 2 rings (SSSR count). The van der Waals surface area contributed by atoms with E-state index in [0.717, 1.165) is 16.3 Å². The zero-order chi connectivity index (χ0) is 13.7. The molecule has 0 spiro atoms. The Balaban J connectivity index is 2.28. The summed E-state index contributed by atoms with van der Waals surface area (Å²) in [4.78, 5) is 4.28. The zero-order valence-corrected chi connectivity index (χ0v) is 12.1. The van der Waals surface area contributed by atoms with Crippen molar-refractivity contribution in [3.63, 3.8) is 0 Å². The largest absolute Gasteiger partial charge is 0.496 e. The van der Waals surface area contributed by atoms with Crippen molar-refractivity contribution in [3.8, 4) is 5.75 Å². The maximum atomic E-state index is 6.13. The van der Waals surface area contributed by atoms with Crippen LogP contribution in [0.3, 0.4) is 0 Å². The SMILES string of the molecule is COc1ccccc1C(CN)Sc1ncccc1Cl. The minimum atomic E-state index is 0.0588. The van der Waals surface area contributed by atoms with Crippen molar-refractivity contribution in [2.24, 2.45) is 5.73 Å². The topological polar surface area (TPSA) is 48.1 Å². The summed E-state index contributed by atoms with van der Waals surface area (Å²) in [5.74, 6) is 0.831. The van der Waals surface area contributed by atoms with Crippen molar-refractivity contribution >= 4 is 23.4 Å². The molecule has 0 fully saturated rings. The van der Waals surface area contributed by atoms with E-state index in [2.05, 4.69) is 4.98 Å². The molecule has 0 amide bonds. The normalized spacial score (nSPS) is 12.2. The van der Waals surface area contributed by atoms with Crippen LogP contribution in [0, 0.1) is 0 Å². The Morgan fingerprint density at radius 1 is 1.32 bits per heavy atom. The lowest BCUT2D eigenvalue weighted by Crippen LogP contribution is -2.10. The molecular formula is C14H15ClN2OS. The number of thioether (sulfide) groups is 1. The van der Waals surface area contributed by atoms with E-state index < -0.39 is 0 Å². The smallest absolute Gasteiger partial charge is 0.123 e. The van der Waals surface area contributed by atoms with Gasteiger partial charge in [0.2, 0.25) is 0 Å². The summed E-state index contributed by atoms with van der Waals surface area (Å²) in [6, 6.07) is 11.5. The molecule has 0 bridgehead atoms. The van der Waals surface area contributed by atoms with E-state index in [9.17, 15) is 0 Å². The van der Waals surface area contributed by atoms with Crippen molar-refractivity contribution in [2.45, 2.75) is 10.3 Å². The van der Waals surface area contributed by atoms with E-state index in [1.54, 1.807) is 25.1 Å². The molecule has 3 nitrogen and oxygen atoms in total. The summed E-state index contributed by atoms with van der Waals surface area (Å²) in [5.41, 5.74) is 6.93. The molecular weight excluding hydrogens is 280 g/mol. The highest BCUT2D eigenvalue weighted by Crippen LogP contribution is 2.39. The Labute approximate surface area is 122 Å². The summed E-state index contributed by atoms with van der Waals surface area (Å²) in [5, 5.41) is 1.48. The molecule has 0 saturated carbocycles. The van der Waals surface area contributed by atoms with E-state index >= 15 is 0 Å². The summed E-state index contributed by atoms with van der Waals surface area (Å²) in [7, 11) is 1.66. The van der Waals surface area contributed by atoms with E-state index in [0.29, 0.717) is 11.6 Å². The summed E-state index contributed by atoms with van der Waals surface area (Å²) < 4.78 is 5.37. The van der Waals surface area contributed by atoms with Gasteiger partial charge in [-0.25, -0.2) is 4.98 Å². The number of pyridine rings is 1. The van der Waals surface area contributed by atoms with Crippen LogP contribution in [0.1, 0.15) is 10.8 Å².